The summed E-state index contributed by atoms with van der Waals surface area (Å²) in [6, 6.07) is 0. The average Bonchev–Trinajstić information content (AvgIpc) is 3.07. The molecule has 0 aromatic carbocycles. The molecule has 0 heterocycles. The first-order chi connectivity index (χ1) is 27.5. The van der Waals surface area contributed by atoms with Crippen LogP contribution in [0.15, 0.2) is 0 Å². The second kappa shape index (κ2) is 31.2. The number of hydrogen-bond acceptors (Lipinski definition) is 0. The minimum atomic E-state index is -5.19. The highest BCUT2D eigenvalue weighted by Gasteiger charge is 2.70. The fraction of sp³-hybridized carbons (Fsp3) is 1.00. The van der Waals surface area contributed by atoms with Gasteiger partial charge in [0, 0.05) is 6.42 Å². The van der Waals surface area contributed by atoms with Gasteiger partial charge in [-0.15, -0.1) is 0 Å². The molecule has 0 saturated heterocycles. The van der Waals surface area contributed by atoms with Gasteiger partial charge in [-0.3, -0.25) is 0 Å². The van der Waals surface area contributed by atoms with Crippen molar-refractivity contribution in [2.24, 2.45) is 39.9 Å². The molecule has 390 valence electrons. The third kappa shape index (κ3) is 39.9. The van der Waals surface area contributed by atoms with Gasteiger partial charge in [-0.25, -0.2) is 17.6 Å². The second-order valence-electron chi connectivity index (χ2n) is 21.9. The molecule has 13 heteroatoms. The fourth-order valence-corrected chi connectivity index (χ4v) is 5.14. The van der Waals surface area contributed by atoms with Crippen molar-refractivity contribution in [3.8, 4) is 0 Å². The lowest BCUT2D eigenvalue weighted by Crippen LogP contribution is -2.51. The summed E-state index contributed by atoms with van der Waals surface area (Å²) in [7, 11) is 0. The average molecular weight is 947 g/mol. The maximum absolute atomic E-state index is 13.3. The molecule has 1 aliphatic rings. The summed E-state index contributed by atoms with van der Waals surface area (Å²) in [6.07, 6.45) is -11.0. The number of hydrogen-bond donors (Lipinski definition) is 0. The van der Waals surface area contributed by atoms with Crippen molar-refractivity contribution < 1.29 is 57.1 Å². The molecule has 0 aromatic heterocycles. The lowest BCUT2D eigenvalue weighted by atomic mass is 9.70. The van der Waals surface area contributed by atoms with Gasteiger partial charge >= 0.3 is 18.5 Å². The van der Waals surface area contributed by atoms with Crippen LogP contribution in [0.25, 0.3) is 0 Å². The quantitative estimate of drug-likeness (QED) is 0.171. The van der Waals surface area contributed by atoms with E-state index >= 15 is 0 Å². The van der Waals surface area contributed by atoms with Gasteiger partial charge in [0.05, 0.1) is 0 Å². The maximum atomic E-state index is 13.3. The minimum absolute atomic E-state index is 0.0149. The maximum Gasteiger partial charge on any atom is 0.403 e. The van der Waals surface area contributed by atoms with Crippen molar-refractivity contribution in [1.82, 2.24) is 0 Å². The lowest BCUT2D eigenvalue weighted by Gasteiger charge is -2.41. The van der Waals surface area contributed by atoms with Gasteiger partial charge in [0.2, 0.25) is 0 Å². The highest BCUT2D eigenvalue weighted by atomic mass is 19.4. The monoisotopic (exact) mass is 947 g/mol. The van der Waals surface area contributed by atoms with Crippen LogP contribution in [0.3, 0.4) is 0 Å². The number of halogens is 13. The first-order valence-corrected chi connectivity index (χ1v) is 23.5. The third-order valence-corrected chi connectivity index (χ3v) is 12.0. The summed E-state index contributed by atoms with van der Waals surface area (Å²) < 4.78 is 162. The highest BCUT2D eigenvalue weighted by Crippen LogP contribution is 2.59. The van der Waals surface area contributed by atoms with Crippen molar-refractivity contribution in [1.29, 1.82) is 0 Å². The SMILES string of the molecule is CC(C)(C)C.CC(C)C(C)(F)C(C)C.CC1CCC(C(F)(F)F)(C(F)(F)F)CC1.CCC(C)(C)CC(F)(F)F.CCC(C)(F)CC.CCCC(C)(F)CCC.CC[C@](C)(F)C(C)C. The third-order valence-electron chi connectivity index (χ3n) is 12.0. The zero-order chi connectivity index (χ0) is 52.5. The first kappa shape index (κ1) is 73.7. The summed E-state index contributed by atoms with van der Waals surface area (Å²) in [5.74, 6) is 0.338. The van der Waals surface area contributed by atoms with Crippen molar-refractivity contribution in [3.63, 3.8) is 0 Å². The number of rotatable bonds is 12. The van der Waals surface area contributed by atoms with Crippen LogP contribution in [0.1, 0.15) is 243 Å². The Kier molecular flexibility index (Phi) is 36.5. The van der Waals surface area contributed by atoms with Crippen LogP contribution >= 0.6 is 0 Å². The van der Waals surface area contributed by atoms with E-state index in [-0.39, 0.29) is 36.5 Å². The Bertz CT molecular complexity index is 1020. The van der Waals surface area contributed by atoms with Crippen LogP contribution in [0.5, 0.6) is 0 Å². The van der Waals surface area contributed by atoms with Crippen LogP contribution in [0.4, 0.5) is 57.1 Å². The Morgan fingerprint density at radius 2 is 0.762 bits per heavy atom. The highest BCUT2D eigenvalue weighted by molar-refractivity contribution is 4.96. The Morgan fingerprint density at radius 3 is 0.873 bits per heavy atom. The molecule has 1 saturated carbocycles. The molecule has 0 bridgehead atoms. The van der Waals surface area contributed by atoms with Crippen molar-refractivity contribution in [3.05, 3.63) is 0 Å². The van der Waals surface area contributed by atoms with Crippen LogP contribution < -0.4 is 0 Å². The van der Waals surface area contributed by atoms with Gasteiger partial charge in [-0.1, -0.05) is 151 Å². The second-order valence-corrected chi connectivity index (χ2v) is 21.9. The summed E-state index contributed by atoms with van der Waals surface area (Å²) in [4.78, 5) is 0. The zero-order valence-corrected chi connectivity index (χ0v) is 44.4. The molecule has 0 amide bonds. The Labute approximate surface area is 380 Å². The molecular formula is C50H99F13. The largest absolute Gasteiger partial charge is 0.403 e. The molecule has 1 rings (SSSR count). The Hall–Kier alpha value is -0.910. The summed E-state index contributed by atoms with van der Waals surface area (Å²) in [6.45, 7) is 43.2. The molecule has 0 nitrogen and oxygen atoms in total. The molecule has 0 aromatic rings. The van der Waals surface area contributed by atoms with Gasteiger partial charge in [-0.2, -0.15) is 39.5 Å². The van der Waals surface area contributed by atoms with E-state index in [2.05, 4.69) is 27.7 Å². The lowest BCUT2D eigenvalue weighted by molar-refractivity contribution is -0.351. The molecule has 1 aliphatic carbocycles. The van der Waals surface area contributed by atoms with E-state index in [0.717, 1.165) is 12.8 Å². The van der Waals surface area contributed by atoms with Crippen LogP contribution in [0, 0.1) is 39.9 Å². The topological polar surface area (TPSA) is 0 Å². The zero-order valence-electron chi connectivity index (χ0n) is 44.4. The Balaban J connectivity index is -0.000000154. The molecule has 0 spiro atoms. The molecule has 0 unspecified atom stereocenters. The minimum Gasteiger partial charge on any atom is -0.244 e. The molecule has 0 N–H and O–H groups in total. The molecule has 63 heavy (non-hydrogen) atoms. The first-order valence-electron chi connectivity index (χ1n) is 23.5. The molecule has 0 radical (unpaired) electrons. The van der Waals surface area contributed by atoms with Gasteiger partial charge in [0.25, 0.3) is 0 Å². The van der Waals surface area contributed by atoms with Gasteiger partial charge < -0.3 is 0 Å². The molecular weight excluding hydrogens is 848 g/mol. The van der Waals surface area contributed by atoms with Gasteiger partial charge in [0.15, 0.2) is 5.41 Å². The predicted molar refractivity (Wildman–Crippen MR) is 245 cm³/mol. The fourth-order valence-electron chi connectivity index (χ4n) is 5.14. The van der Waals surface area contributed by atoms with Crippen molar-refractivity contribution in [2.75, 3.05) is 0 Å². The van der Waals surface area contributed by atoms with Crippen molar-refractivity contribution in [2.45, 2.75) is 284 Å². The molecule has 0 aliphatic heterocycles. The van der Waals surface area contributed by atoms with E-state index in [4.69, 9.17) is 0 Å². The normalized spacial score (nSPS) is 16.2. The van der Waals surface area contributed by atoms with E-state index < -0.39 is 71.3 Å². The number of alkyl halides is 13. The van der Waals surface area contributed by atoms with E-state index in [0.29, 0.717) is 43.9 Å². The summed E-state index contributed by atoms with van der Waals surface area (Å²) in [5.41, 5.74) is -7.34. The van der Waals surface area contributed by atoms with Crippen LogP contribution in [0.2, 0.25) is 0 Å². The van der Waals surface area contributed by atoms with E-state index in [1.165, 1.54) is 0 Å². The molecule has 1 atom stereocenters. The van der Waals surface area contributed by atoms with Crippen molar-refractivity contribution >= 4 is 0 Å². The van der Waals surface area contributed by atoms with Gasteiger partial charge in [-0.05, 0) is 120 Å². The molecule has 1 fully saturated rings. The smallest absolute Gasteiger partial charge is 0.244 e. The predicted octanol–water partition coefficient (Wildman–Crippen LogP) is 21.4. The Morgan fingerprint density at radius 1 is 0.460 bits per heavy atom. The van der Waals surface area contributed by atoms with E-state index in [1.807, 2.05) is 76.2 Å². The summed E-state index contributed by atoms with van der Waals surface area (Å²) in [5, 5.41) is 0. The van der Waals surface area contributed by atoms with Gasteiger partial charge in [0.1, 0.15) is 22.7 Å². The van der Waals surface area contributed by atoms with Crippen LogP contribution in [-0.2, 0) is 0 Å². The standard InChI is InChI=1S/C9H12F6.2C8H17F.C7H13F3.C7H15F.C6H13F.C5H12/c1-6-2-4-7(5-3-6,8(10,11)12)9(13,14)15;1-6(2)8(5,9)7(3)4;1-4-6-8(3,9)7-5-2;1-4-6(2,3)5-7(8,9)10;1-5-7(4,8)6(2)3;1-4-6(3,7)5-2;1-5(2,3)4/h6H,2-5H2,1H3;6-7H,1-5H3;4-7H2,1-3H3;4-5H2,1-3H3;6H,5H2,1-4H3;4-5H2,1-3H3;1-4H3/t;;;;7-;;/m....0../s1. The van der Waals surface area contributed by atoms with E-state index in [9.17, 15) is 57.1 Å². The summed E-state index contributed by atoms with van der Waals surface area (Å²) >= 11 is 0. The van der Waals surface area contributed by atoms with Crippen LogP contribution in [-0.4, -0.2) is 41.2 Å². The van der Waals surface area contributed by atoms with E-state index in [1.54, 1.807) is 55.4 Å².